The van der Waals surface area contributed by atoms with Crippen LogP contribution >= 0.6 is 11.6 Å². The fraction of sp³-hybridized carbons (Fsp3) is 0.182. The van der Waals surface area contributed by atoms with E-state index >= 15 is 0 Å². The Morgan fingerprint density at radius 2 is 2.06 bits per heavy atom. The summed E-state index contributed by atoms with van der Waals surface area (Å²) in [4.78, 5) is 15.3. The van der Waals surface area contributed by atoms with Gasteiger partial charge < -0.3 is 0 Å². The number of hydrogen-bond acceptors (Lipinski definition) is 3. The Labute approximate surface area is 97.9 Å². The van der Waals surface area contributed by atoms with Crippen molar-refractivity contribution < 1.29 is 4.79 Å². The highest BCUT2D eigenvalue weighted by atomic mass is 35.5. The van der Waals surface area contributed by atoms with Gasteiger partial charge in [-0.3, -0.25) is 4.79 Å². The van der Waals surface area contributed by atoms with Gasteiger partial charge in [0.15, 0.2) is 5.82 Å². The summed E-state index contributed by atoms with van der Waals surface area (Å²) in [6, 6.07) is 3.78. The number of aryl methyl sites for hydroxylation is 1. The number of aromatic nitrogens is 3. The molecule has 0 bridgehead atoms. The molecule has 0 unspecified atom stereocenters. The highest BCUT2D eigenvalue weighted by Crippen LogP contribution is 2.14. The van der Waals surface area contributed by atoms with Crippen molar-refractivity contribution in [3.8, 4) is 5.82 Å². The molecule has 0 amide bonds. The van der Waals surface area contributed by atoms with Crippen LogP contribution in [0.25, 0.3) is 5.82 Å². The zero-order valence-electron chi connectivity index (χ0n) is 8.94. The standard InChI is InChI=1S/C11H10ClN3O/c1-7-3-4-10(13-5-7)15-8(2)9(6-14-15)11(12)16/h3-6H,1-2H3. The molecule has 0 saturated carbocycles. The van der Waals surface area contributed by atoms with Gasteiger partial charge in [0.1, 0.15) is 0 Å². The van der Waals surface area contributed by atoms with Gasteiger partial charge >= 0.3 is 0 Å². The molecular formula is C11H10ClN3O. The third-order valence-electron chi connectivity index (χ3n) is 2.33. The van der Waals surface area contributed by atoms with E-state index in [4.69, 9.17) is 11.6 Å². The highest BCUT2D eigenvalue weighted by molar-refractivity contribution is 6.67. The van der Waals surface area contributed by atoms with Crippen molar-refractivity contribution in [3.63, 3.8) is 0 Å². The minimum Gasteiger partial charge on any atom is -0.275 e. The summed E-state index contributed by atoms with van der Waals surface area (Å²) in [5.74, 6) is 0.673. The van der Waals surface area contributed by atoms with Crippen molar-refractivity contribution in [2.75, 3.05) is 0 Å². The van der Waals surface area contributed by atoms with E-state index < -0.39 is 5.24 Å². The Hall–Kier alpha value is -1.68. The number of hydrogen-bond donors (Lipinski definition) is 0. The molecule has 2 aromatic rings. The van der Waals surface area contributed by atoms with Gasteiger partial charge in [-0.25, -0.2) is 9.67 Å². The Bertz CT molecular complexity index is 531. The summed E-state index contributed by atoms with van der Waals surface area (Å²) in [5, 5.41) is 3.58. The molecule has 0 fully saturated rings. The maximum absolute atomic E-state index is 11.1. The summed E-state index contributed by atoms with van der Waals surface area (Å²) in [6.07, 6.45) is 3.20. The molecule has 82 valence electrons. The molecule has 0 aliphatic carbocycles. The average Bonchev–Trinajstić information content (AvgIpc) is 2.61. The lowest BCUT2D eigenvalue weighted by atomic mass is 10.3. The van der Waals surface area contributed by atoms with Crippen molar-refractivity contribution >= 4 is 16.8 Å². The van der Waals surface area contributed by atoms with Crippen LogP contribution < -0.4 is 0 Å². The van der Waals surface area contributed by atoms with E-state index in [0.29, 0.717) is 17.1 Å². The van der Waals surface area contributed by atoms with Gasteiger partial charge in [0, 0.05) is 6.20 Å². The highest BCUT2D eigenvalue weighted by Gasteiger charge is 2.13. The van der Waals surface area contributed by atoms with Crippen LogP contribution in [0.4, 0.5) is 0 Å². The van der Waals surface area contributed by atoms with Crippen LogP contribution in [-0.2, 0) is 0 Å². The van der Waals surface area contributed by atoms with Crippen molar-refractivity contribution in [2.24, 2.45) is 0 Å². The Morgan fingerprint density at radius 3 is 2.56 bits per heavy atom. The first-order chi connectivity index (χ1) is 7.59. The van der Waals surface area contributed by atoms with Crippen molar-refractivity contribution in [1.29, 1.82) is 0 Å². The van der Waals surface area contributed by atoms with Gasteiger partial charge in [0.2, 0.25) is 0 Å². The molecule has 2 rings (SSSR count). The van der Waals surface area contributed by atoms with Gasteiger partial charge in [-0.1, -0.05) is 6.07 Å². The molecular weight excluding hydrogens is 226 g/mol. The molecule has 0 spiro atoms. The first-order valence-electron chi connectivity index (χ1n) is 4.77. The molecule has 2 heterocycles. The second-order valence-electron chi connectivity index (χ2n) is 3.52. The fourth-order valence-electron chi connectivity index (χ4n) is 1.42. The van der Waals surface area contributed by atoms with Crippen LogP contribution in [-0.4, -0.2) is 20.0 Å². The van der Waals surface area contributed by atoms with Gasteiger partial charge in [-0.05, 0) is 37.1 Å². The fourth-order valence-corrected chi connectivity index (χ4v) is 1.60. The van der Waals surface area contributed by atoms with Gasteiger partial charge in [0.05, 0.1) is 17.5 Å². The maximum Gasteiger partial charge on any atom is 0.255 e. The van der Waals surface area contributed by atoms with Crippen LogP contribution in [0.5, 0.6) is 0 Å². The number of rotatable bonds is 2. The monoisotopic (exact) mass is 235 g/mol. The smallest absolute Gasteiger partial charge is 0.255 e. The lowest BCUT2D eigenvalue weighted by Gasteiger charge is -2.03. The molecule has 0 aliphatic heterocycles. The van der Waals surface area contributed by atoms with Crippen LogP contribution in [0.2, 0.25) is 0 Å². The topological polar surface area (TPSA) is 47.8 Å². The summed E-state index contributed by atoms with van der Waals surface area (Å²) in [7, 11) is 0. The van der Waals surface area contributed by atoms with Gasteiger partial charge in [0.25, 0.3) is 5.24 Å². The van der Waals surface area contributed by atoms with Gasteiger partial charge in [-0.2, -0.15) is 5.10 Å². The second-order valence-corrected chi connectivity index (χ2v) is 3.87. The lowest BCUT2D eigenvalue weighted by molar-refractivity contribution is 0.108. The zero-order chi connectivity index (χ0) is 11.7. The maximum atomic E-state index is 11.1. The normalized spacial score (nSPS) is 10.4. The number of carbonyl (C=O) groups excluding carboxylic acids is 1. The summed E-state index contributed by atoms with van der Waals surface area (Å²) in [6.45, 7) is 3.74. The molecule has 16 heavy (non-hydrogen) atoms. The SMILES string of the molecule is Cc1ccc(-n2ncc(C(=O)Cl)c2C)nc1. The predicted octanol–water partition coefficient (Wildman–Crippen LogP) is 2.26. The molecule has 5 heteroatoms. The van der Waals surface area contributed by atoms with Gasteiger partial charge in [-0.15, -0.1) is 0 Å². The average molecular weight is 236 g/mol. The van der Waals surface area contributed by atoms with Crippen LogP contribution in [0, 0.1) is 13.8 Å². The first-order valence-corrected chi connectivity index (χ1v) is 5.15. The van der Waals surface area contributed by atoms with E-state index in [1.54, 1.807) is 17.8 Å². The zero-order valence-corrected chi connectivity index (χ0v) is 9.69. The molecule has 2 aromatic heterocycles. The van der Waals surface area contributed by atoms with Crippen molar-refractivity contribution in [3.05, 3.63) is 41.3 Å². The number of carbonyl (C=O) groups is 1. The van der Waals surface area contributed by atoms with E-state index in [1.165, 1.54) is 6.20 Å². The van der Waals surface area contributed by atoms with Crippen molar-refractivity contribution in [1.82, 2.24) is 14.8 Å². The van der Waals surface area contributed by atoms with E-state index in [1.807, 2.05) is 19.1 Å². The molecule has 4 nitrogen and oxygen atoms in total. The number of halogens is 1. The van der Waals surface area contributed by atoms with Crippen LogP contribution in [0.3, 0.4) is 0 Å². The van der Waals surface area contributed by atoms with Crippen LogP contribution in [0.15, 0.2) is 24.5 Å². The molecule has 0 aliphatic rings. The van der Waals surface area contributed by atoms with E-state index in [2.05, 4.69) is 10.1 Å². The van der Waals surface area contributed by atoms with E-state index in [9.17, 15) is 4.79 Å². The molecule has 0 atom stereocenters. The quantitative estimate of drug-likeness (QED) is 0.751. The lowest BCUT2D eigenvalue weighted by Crippen LogP contribution is -2.02. The summed E-state index contributed by atoms with van der Waals surface area (Å²) >= 11 is 5.42. The third kappa shape index (κ3) is 1.84. The Balaban J connectivity index is 2.49. The van der Waals surface area contributed by atoms with Crippen molar-refractivity contribution in [2.45, 2.75) is 13.8 Å². The largest absolute Gasteiger partial charge is 0.275 e. The molecule has 0 aromatic carbocycles. The summed E-state index contributed by atoms with van der Waals surface area (Å²) < 4.78 is 1.59. The minimum absolute atomic E-state index is 0.407. The number of nitrogens with zero attached hydrogens (tertiary/aromatic N) is 3. The first kappa shape index (κ1) is 10.8. The summed E-state index contributed by atoms with van der Waals surface area (Å²) in [5.41, 5.74) is 2.17. The van der Waals surface area contributed by atoms with Crippen LogP contribution in [0.1, 0.15) is 21.6 Å². The molecule has 0 radical (unpaired) electrons. The third-order valence-corrected chi connectivity index (χ3v) is 2.54. The minimum atomic E-state index is -0.504. The Kier molecular flexibility index (Phi) is 2.75. The predicted molar refractivity (Wildman–Crippen MR) is 61.0 cm³/mol. The second kappa shape index (κ2) is 4.06. The number of pyridine rings is 1. The Morgan fingerprint density at radius 1 is 1.31 bits per heavy atom. The molecule has 0 saturated heterocycles. The van der Waals surface area contributed by atoms with E-state index in [0.717, 1.165) is 5.56 Å². The molecule has 0 N–H and O–H groups in total. The van der Waals surface area contributed by atoms with E-state index in [-0.39, 0.29) is 0 Å².